The zero-order valence-corrected chi connectivity index (χ0v) is 24.5. The van der Waals surface area contributed by atoms with Crippen LogP contribution in [0.2, 0.25) is 0 Å². The molecule has 8 nitrogen and oxygen atoms in total. The molecule has 0 radical (unpaired) electrons. The SMILES string of the molecule is CC(C)(C)N1C(=O)c2[nH]c3ccc(OCc4ccccc4)cc3c2-c2ccccc2C1C(=O)NCCN1CCOCC1. The summed E-state index contributed by atoms with van der Waals surface area (Å²) >= 11 is 0. The number of morpholine rings is 1. The normalized spacial score (nSPS) is 17.5. The number of hydrogen-bond donors (Lipinski definition) is 2. The molecule has 4 aromatic rings. The van der Waals surface area contributed by atoms with E-state index in [9.17, 15) is 9.59 Å². The van der Waals surface area contributed by atoms with Crippen molar-refractivity contribution >= 4 is 22.7 Å². The Morgan fingerprint density at radius 1 is 1.02 bits per heavy atom. The van der Waals surface area contributed by atoms with E-state index in [1.807, 2.05) is 93.6 Å². The summed E-state index contributed by atoms with van der Waals surface area (Å²) < 4.78 is 11.6. The Labute approximate surface area is 246 Å². The van der Waals surface area contributed by atoms with Gasteiger partial charge in [0.2, 0.25) is 5.91 Å². The summed E-state index contributed by atoms with van der Waals surface area (Å²) in [5, 5.41) is 4.03. The topological polar surface area (TPSA) is 86.9 Å². The number of fused-ring (bicyclic) bond motifs is 5. The van der Waals surface area contributed by atoms with E-state index in [1.54, 1.807) is 4.90 Å². The Balaban J connectivity index is 1.38. The average Bonchev–Trinajstić information content (AvgIpc) is 3.33. The summed E-state index contributed by atoms with van der Waals surface area (Å²) in [5.74, 6) is 0.331. The standard InChI is InChI=1S/C34H38N4O4/c1-34(2,3)38-31(32(39)35-15-16-37-17-19-41-20-18-37)26-12-8-7-11-25(26)29-27-21-24(42-22-23-9-5-4-6-10-23)13-14-28(27)36-30(29)33(38)40/h4-14,21,31,36H,15-20,22H2,1-3H3,(H,35,39). The molecule has 2 amide bonds. The van der Waals surface area contributed by atoms with Crippen LogP contribution in [0.25, 0.3) is 22.0 Å². The van der Waals surface area contributed by atoms with Gasteiger partial charge in [0.1, 0.15) is 24.1 Å². The molecule has 1 atom stereocenters. The largest absolute Gasteiger partial charge is 0.489 e. The van der Waals surface area contributed by atoms with Crippen molar-refractivity contribution in [3.8, 4) is 16.9 Å². The molecule has 1 aromatic heterocycles. The van der Waals surface area contributed by atoms with Crippen molar-refractivity contribution in [2.75, 3.05) is 39.4 Å². The molecule has 2 aliphatic heterocycles. The van der Waals surface area contributed by atoms with Gasteiger partial charge in [0.15, 0.2) is 0 Å². The van der Waals surface area contributed by atoms with E-state index in [0.29, 0.717) is 37.8 Å². The number of aromatic amines is 1. The zero-order valence-electron chi connectivity index (χ0n) is 24.5. The van der Waals surface area contributed by atoms with Gasteiger partial charge in [-0.2, -0.15) is 0 Å². The van der Waals surface area contributed by atoms with Gasteiger partial charge in [-0.05, 0) is 55.7 Å². The summed E-state index contributed by atoms with van der Waals surface area (Å²) in [6.45, 7) is 10.7. The highest BCUT2D eigenvalue weighted by Crippen LogP contribution is 2.45. The Bertz CT molecular complexity index is 1580. The molecule has 0 bridgehead atoms. The van der Waals surface area contributed by atoms with Gasteiger partial charge < -0.3 is 24.7 Å². The summed E-state index contributed by atoms with van der Waals surface area (Å²) in [6.07, 6.45) is 0. The maximum atomic E-state index is 14.4. The first-order chi connectivity index (χ1) is 20.3. The van der Waals surface area contributed by atoms with Gasteiger partial charge in [-0.3, -0.25) is 14.5 Å². The molecule has 8 heteroatoms. The van der Waals surface area contributed by atoms with E-state index in [-0.39, 0.29) is 11.8 Å². The van der Waals surface area contributed by atoms with Crippen LogP contribution < -0.4 is 10.1 Å². The first kappa shape index (κ1) is 28.0. The number of amides is 2. The Kier molecular flexibility index (Phi) is 7.75. The van der Waals surface area contributed by atoms with Crippen LogP contribution in [0, 0.1) is 0 Å². The van der Waals surface area contributed by atoms with E-state index in [2.05, 4.69) is 15.2 Å². The third-order valence-corrected chi connectivity index (χ3v) is 8.04. The molecule has 0 aliphatic carbocycles. The van der Waals surface area contributed by atoms with Crippen molar-refractivity contribution < 1.29 is 19.1 Å². The van der Waals surface area contributed by atoms with Crippen LogP contribution in [-0.4, -0.2) is 71.5 Å². The summed E-state index contributed by atoms with van der Waals surface area (Å²) in [4.78, 5) is 35.8. The van der Waals surface area contributed by atoms with Crippen LogP contribution in [-0.2, 0) is 16.1 Å². The summed E-state index contributed by atoms with van der Waals surface area (Å²) in [7, 11) is 0. The second-order valence-electron chi connectivity index (χ2n) is 11.9. The molecule has 6 rings (SSSR count). The minimum Gasteiger partial charge on any atom is -0.489 e. The number of aromatic nitrogens is 1. The quantitative estimate of drug-likeness (QED) is 0.323. The highest BCUT2D eigenvalue weighted by molar-refractivity contribution is 6.13. The minimum absolute atomic E-state index is 0.180. The lowest BCUT2D eigenvalue weighted by molar-refractivity contribution is -0.127. The van der Waals surface area contributed by atoms with Crippen LogP contribution in [0.3, 0.4) is 0 Å². The second-order valence-corrected chi connectivity index (χ2v) is 11.9. The first-order valence-electron chi connectivity index (χ1n) is 14.6. The number of rotatable bonds is 7. The highest BCUT2D eigenvalue weighted by Gasteiger charge is 2.44. The van der Waals surface area contributed by atoms with Gasteiger partial charge in [-0.25, -0.2) is 0 Å². The number of benzene rings is 3. The number of nitrogens with zero attached hydrogens (tertiary/aromatic N) is 2. The van der Waals surface area contributed by atoms with Gasteiger partial charge in [-0.1, -0.05) is 54.6 Å². The number of ether oxygens (including phenoxy) is 2. The zero-order chi connectivity index (χ0) is 29.3. The van der Waals surface area contributed by atoms with Crippen molar-refractivity contribution in [2.45, 2.75) is 39.0 Å². The fourth-order valence-electron chi connectivity index (χ4n) is 5.99. The van der Waals surface area contributed by atoms with Crippen LogP contribution in [0.4, 0.5) is 0 Å². The van der Waals surface area contributed by atoms with Crippen molar-refractivity contribution in [1.82, 2.24) is 20.1 Å². The van der Waals surface area contributed by atoms with Gasteiger partial charge >= 0.3 is 0 Å². The van der Waals surface area contributed by atoms with Gasteiger partial charge in [0.25, 0.3) is 5.91 Å². The second kappa shape index (κ2) is 11.6. The fraction of sp³-hybridized carbons (Fsp3) is 0.353. The molecule has 1 unspecified atom stereocenters. The maximum Gasteiger partial charge on any atom is 0.272 e. The van der Waals surface area contributed by atoms with Crippen LogP contribution in [0.5, 0.6) is 5.75 Å². The van der Waals surface area contributed by atoms with Crippen LogP contribution in [0.15, 0.2) is 72.8 Å². The minimum atomic E-state index is -0.785. The molecule has 218 valence electrons. The predicted molar refractivity (Wildman–Crippen MR) is 163 cm³/mol. The molecular weight excluding hydrogens is 528 g/mol. The maximum absolute atomic E-state index is 14.4. The average molecular weight is 567 g/mol. The molecule has 3 heterocycles. The van der Waals surface area contributed by atoms with Crippen molar-refractivity contribution in [2.24, 2.45) is 0 Å². The van der Waals surface area contributed by atoms with Gasteiger partial charge in [-0.15, -0.1) is 0 Å². The monoisotopic (exact) mass is 566 g/mol. The van der Waals surface area contributed by atoms with Crippen molar-refractivity contribution in [3.05, 3.63) is 89.6 Å². The Morgan fingerprint density at radius 2 is 1.76 bits per heavy atom. The lowest BCUT2D eigenvalue weighted by Crippen LogP contribution is -2.52. The number of H-pyrrole nitrogens is 1. The van der Waals surface area contributed by atoms with Crippen LogP contribution in [0.1, 0.15) is 48.4 Å². The van der Waals surface area contributed by atoms with Crippen molar-refractivity contribution in [1.29, 1.82) is 0 Å². The molecule has 42 heavy (non-hydrogen) atoms. The van der Waals surface area contributed by atoms with E-state index >= 15 is 0 Å². The fourth-order valence-corrected chi connectivity index (χ4v) is 5.99. The highest BCUT2D eigenvalue weighted by atomic mass is 16.5. The Hall–Kier alpha value is -4.14. The summed E-state index contributed by atoms with van der Waals surface area (Å²) in [6, 6.07) is 23.0. The van der Waals surface area contributed by atoms with E-state index < -0.39 is 11.6 Å². The Morgan fingerprint density at radius 3 is 2.52 bits per heavy atom. The van der Waals surface area contributed by atoms with Crippen LogP contribution >= 0.6 is 0 Å². The molecule has 0 spiro atoms. The third-order valence-electron chi connectivity index (χ3n) is 8.04. The molecule has 0 saturated carbocycles. The molecule has 2 N–H and O–H groups in total. The molecule has 1 fully saturated rings. The van der Waals surface area contributed by atoms with E-state index in [1.165, 1.54) is 0 Å². The van der Waals surface area contributed by atoms with E-state index in [0.717, 1.165) is 52.8 Å². The van der Waals surface area contributed by atoms with Gasteiger partial charge in [0, 0.05) is 48.2 Å². The molecule has 3 aromatic carbocycles. The third kappa shape index (κ3) is 5.52. The molecule has 1 saturated heterocycles. The van der Waals surface area contributed by atoms with Gasteiger partial charge in [0.05, 0.1) is 13.2 Å². The lowest BCUT2D eigenvalue weighted by atomic mass is 9.92. The van der Waals surface area contributed by atoms with E-state index in [4.69, 9.17) is 9.47 Å². The number of carbonyl (C=O) groups is 2. The number of hydrogen-bond acceptors (Lipinski definition) is 5. The molecular formula is C34H38N4O4. The molecule has 2 aliphatic rings. The lowest BCUT2D eigenvalue weighted by Gasteiger charge is -2.40. The van der Waals surface area contributed by atoms with Crippen molar-refractivity contribution in [3.63, 3.8) is 0 Å². The number of carbonyl (C=O) groups excluding carboxylic acids is 2. The predicted octanol–water partition coefficient (Wildman–Crippen LogP) is 5.16. The number of nitrogens with one attached hydrogen (secondary N) is 2. The smallest absolute Gasteiger partial charge is 0.272 e. The first-order valence-corrected chi connectivity index (χ1v) is 14.6. The summed E-state index contributed by atoms with van der Waals surface area (Å²) in [5.41, 5.74) is 4.25.